The van der Waals surface area contributed by atoms with Crippen molar-refractivity contribution in [3.63, 3.8) is 0 Å². The standard InChI is InChI=1S/C17H27N3O2.C8H9N3O2/c1-5-18-16(21)19-14-8-6-13(7-9-14)15-12-20(10-11-22-15)17(2,3)4;12-8(13)11-2-1-6-3-9-5-10-7(6)4-11/h6-9,15H,5,10-12H2,1-4H3,(H2,18,19,21);3,5H,1-2,4H2,(H,12,13). The van der Waals surface area contributed by atoms with Gasteiger partial charge in [0.1, 0.15) is 31.6 Å². The number of carboxylic acid groups (broad SMARTS) is 1. The number of aromatic nitrogens is 2. The van der Waals surface area contributed by atoms with Crippen LogP contribution in [0.3, 0.4) is 0 Å². The first kappa shape index (κ1) is 26.4. The monoisotopic (exact) mass is 484 g/mol. The fourth-order valence-corrected chi connectivity index (χ4v) is 4.13. The van der Waals surface area contributed by atoms with Gasteiger partial charge in [-0.1, -0.05) is 12.1 Å². The number of anilines is 1. The van der Waals surface area contributed by atoms with Crippen molar-refractivity contribution in [2.24, 2.45) is 0 Å². The lowest BCUT2D eigenvalue weighted by atomic mass is 10.0. The van der Waals surface area contributed by atoms with Crippen LogP contribution in [0.25, 0.3) is 0 Å². The number of rotatable bonds is 3. The van der Waals surface area contributed by atoms with Crippen LogP contribution >= 0.6 is 0 Å². The second kappa shape index (κ2) is 11.9. The first-order valence-corrected chi connectivity index (χ1v) is 12.0. The number of fused-ring (bicyclic) bond motifs is 1. The number of nitrogens with zero attached hydrogens (tertiary/aromatic N) is 3. The van der Waals surface area contributed by atoms with E-state index in [0.29, 0.717) is 26.1 Å². The number of benzene rings is 1. The van der Waals surface area contributed by atoms with E-state index in [1.54, 1.807) is 11.1 Å². The molecule has 0 saturated carbocycles. The van der Waals surface area contributed by atoms with Crippen LogP contribution in [-0.2, 0) is 17.7 Å². The number of hydrogen-bond acceptors (Lipinski definition) is 6. The molecule has 1 fully saturated rings. The van der Waals surface area contributed by atoms with E-state index in [9.17, 15) is 14.7 Å². The van der Waals surface area contributed by atoms with Crippen molar-refractivity contribution in [3.05, 3.63) is 53.6 Å². The smallest absolute Gasteiger partial charge is 0.319 e. The first-order valence-electron chi connectivity index (χ1n) is 12.0. The Morgan fingerprint density at radius 1 is 1.26 bits per heavy atom. The molecule has 3 heterocycles. The Hall–Kier alpha value is -3.24. The summed E-state index contributed by atoms with van der Waals surface area (Å²) in [5.41, 5.74) is 4.01. The largest absolute Gasteiger partial charge is 0.530 e. The number of carbonyl (C=O) groups excluding carboxylic acids is 2. The molecule has 10 nitrogen and oxygen atoms in total. The molecule has 1 aromatic heterocycles. The maximum Gasteiger partial charge on any atom is 0.319 e. The Bertz CT molecular complexity index is 992. The lowest BCUT2D eigenvalue weighted by Gasteiger charge is -2.38. The molecule has 2 aliphatic rings. The summed E-state index contributed by atoms with van der Waals surface area (Å²) < 4.78 is 5.93. The lowest BCUT2D eigenvalue weighted by molar-refractivity contribution is -0.957. The van der Waals surface area contributed by atoms with Gasteiger partial charge in [0, 0.05) is 25.0 Å². The van der Waals surface area contributed by atoms with Crippen molar-refractivity contribution < 1.29 is 24.3 Å². The van der Waals surface area contributed by atoms with Crippen LogP contribution in [0.15, 0.2) is 36.8 Å². The van der Waals surface area contributed by atoms with Crippen molar-refractivity contribution in [1.82, 2.24) is 20.2 Å². The lowest BCUT2D eigenvalue weighted by Crippen LogP contribution is -3.20. The Morgan fingerprint density at radius 2 is 2.00 bits per heavy atom. The summed E-state index contributed by atoms with van der Waals surface area (Å²) in [5.74, 6) is 0. The second-order valence-corrected chi connectivity index (χ2v) is 9.71. The molecule has 35 heavy (non-hydrogen) atoms. The predicted octanol–water partition coefficient (Wildman–Crippen LogP) is 0.761. The average molecular weight is 485 g/mol. The summed E-state index contributed by atoms with van der Waals surface area (Å²) >= 11 is 0. The number of carbonyl (C=O) groups is 2. The molecule has 190 valence electrons. The van der Waals surface area contributed by atoms with Crippen LogP contribution in [-0.4, -0.2) is 65.3 Å². The highest BCUT2D eigenvalue weighted by Crippen LogP contribution is 2.20. The third-order valence-corrected chi connectivity index (χ3v) is 6.22. The van der Waals surface area contributed by atoms with E-state index in [1.807, 2.05) is 31.2 Å². The van der Waals surface area contributed by atoms with Gasteiger partial charge in [0.2, 0.25) is 0 Å². The fraction of sp³-hybridized carbons (Fsp3) is 0.520. The minimum Gasteiger partial charge on any atom is -0.530 e. The first-order chi connectivity index (χ1) is 16.7. The summed E-state index contributed by atoms with van der Waals surface area (Å²) in [5, 5.41) is 16.1. The van der Waals surface area contributed by atoms with Gasteiger partial charge in [0.05, 0.1) is 24.4 Å². The highest BCUT2D eigenvalue weighted by molar-refractivity contribution is 5.89. The quantitative estimate of drug-likeness (QED) is 0.591. The van der Waals surface area contributed by atoms with Gasteiger partial charge < -0.3 is 35.1 Å². The molecule has 2 aromatic rings. The van der Waals surface area contributed by atoms with E-state index >= 15 is 0 Å². The molecular weight excluding hydrogens is 448 g/mol. The zero-order chi connectivity index (χ0) is 25.4. The van der Waals surface area contributed by atoms with Gasteiger partial charge >= 0.3 is 6.03 Å². The number of nitrogens with one attached hydrogen (secondary N) is 3. The molecule has 3 amide bonds. The third kappa shape index (κ3) is 7.63. The van der Waals surface area contributed by atoms with Crippen LogP contribution < -0.4 is 20.6 Å². The highest BCUT2D eigenvalue weighted by atomic mass is 16.5. The Balaban J connectivity index is 0.000000223. The number of morpholine rings is 1. The molecule has 1 aromatic carbocycles. The molecule has 0 bridgehead atoms. The molecule has 2 aliphatic heterocycles. The molecule has 0 spiro atoms. The van der Waals surface area contributed by atoms with Crippen LogP contribution in [0, 0.1) is 0 Å². The molecule has 4 rings (SSSR count). The number of ether oxygens (including phenoxy) is 1. The normalized spacial score (nSPS) is 19.6. The molecule has 3 N–H and O–H groups in total. The zero-order valence-electron chi connectivity index (χ0n) is 21.0. The summed E-state index contributed by atoms with van der Waals surface area (Å²) in [6.45, 7) is 12.9. The molecule has 2 atom stereocenters. The van der Waals surface area contributed by atoms with Crippen LogP contribution in [0.5, 0.6) is 0 Å². The highest BCUT2D eigenvalue weighted by Gasteiger charge is 2.32. The summed E-state index contributed by atoms with van der Waals surface area (Å²) in [4.78, 5) is 32.7. The molecular formula is C25H36N6O4. The molecule has 10 heteroatoms. The van der Waals surface area contributed by atoms with Gasteiger partial charge in [0.15, 0.2) is 0 Å². The maximum absolute atomic E-state index is 11.5. The van der Waals surface area contributed by atoms with Gasteiger partial charge in [-0.25, -0.2) is 14.8 Å². The third-order valence-electron chi connectivity index (χ3n) is 6.22. The molecule has 0 aliphatic carbocycles. The van der Waals surface area contributed by atoms with Crippen LogP contribution in [0.2, 0.25) is 0 Å². The summed E-state index contributed by atoms with van der Waals surface area (Å²) in [7, 11) is 0. The molecule has 0 radical (unpaired) electrons. The van der Waals surface area contributed by atoms with Gasteiger partial charge in [-0.05, 0) is 57.4 Å². The van der Waals surface area contributed by atoms with Crippen molar-refractivity contribution in [2.75, 3.05) is 38.1 Å². The molecule has 1 saturated heterocycles. The predicted molar refractivity (Wildman–Crippen MR) is 130 cm³/mol. The second-order valence-electron chi connectivity index (χ2n) is 9.71. The minimum atomic E-state index is -1.13. The van der Waals surface area contributed by atoms with Crippen molar-refractivity contribution >= 4 is 17.8 Å². The van der Waals surface area contributed by atoms with Crippen molar-refractivity contribution in [1.29, 1.82) is 0 Å². The maximum atomic E-state index is 11.5. The Morgan fingerprint density at radius 3 is 2.66 bits per heavy atom. The number of hydrogen-bond donors (Lipinski definition) is 3. The summed E-state index contributed by atoms with van der Waals surface area (Å²) in [6.07, 6.45) is 2.82. The van der Waals surface area contributed by atoms with Gasteiger partial charge in [0.25, 0.3) is 0 Å². The molecule has 2 unspecified atom stereocenters. The minimum absolute atomic E-state index is 0.126. The Kier molecular flexibility index (Phi) is 9.00. The van der Waals surface area contributed by atoms with Gasteiger partial charge in [-0.15, -0.1) is 0 Å². The van der Waals surface area contributed by atoms with E-state index < -0.39 is 6.09 Å². The van der Waals surface area contributed by atoms with Crippen molar-refractivity contribution in [3.8, 4) is 0 Å². The SMILES string of the molecule is CCNC(=O)Nc1ccc(C2C[NH+](C(C)(C)C)CCO2)cc1.O=C([O-])N1CCc2cncnc2C1. The topological polar surface area (TPSA) is 124 Å². The van der Waals surface area contributed by atoms with Crippen LogP contribution in [0.4, 0.5) is 15.3 Å². The number of amides is 3. The van der Waals surface area contributed by atoms with E-state index in [-0.39, 0.29) is 17.7 Å². The fourth-order valence-electron chi connectivity index (χ4n) is 4.13. The van der Waals surface area contributed by atoms with E-state index in [2.05, 4.69) is 41.4 Å². The average Bonchev–Trinajstić information content (AvgIpc) is 2.84. The Labute approximate surface area is 206 Å². The van der Waals surface area contributed by atoms with E-state index in [4.69, 9.17) is 4.74 Å². The number of quaternary nitrogens is 1. The van der Waals surface area contributed by atoms with Crippen molar-refractivity contribution in [2.45, 2.75) is 52.3 Å². The summed E-state index contributed by atoms with van der Waals surface area (Å²) in [6, 6.07) is 7.77. The van der Waals surface area contributed by atoms with Gasteiger partial charge in [-0.2, -0.15) is 0 Å². The van der Waals surface area contributed by atoms with Crippen LogP contribution in [0.1, 0.15) is 50.6 Å². The van der Waals surface area contributed by atoms with E-state index in [0.717, 1.165) is 36.6 Å². The van der Waals surface area contributed by atoms with E-state index in [1.165, 1.54) is 16.8 Å². The van der Waals surface area contributed by atoms with Gasteiger partial charge in [-0.3, -0.25) is 0 Å². The zero-order valence-corrected chi connectivity index (χ0v) is 21.0. The number of urea groups is 1.